The predicted molar refractivity (Wildman–Crippen MR) is 86.8 cm³/mol. The zero-order valence-corrected chi connectivity index (χ0v) is 14.4. The SMILES string of the molecule is CCC(C)N(CCOC)C(=O)c1cc(Cl)ccc1I. The fourth-order valence-electron chi connectivity index (χ4n) is 1.75. The lowest BCUT2D eigenvalue weighted by Crippen LogP contribution is -2.40. The highest BCUT2D eigenvalue weighted by molar-refractivity contribution is 14.1. The van der Waals surface area contributed by atoms with Gasteiger partial charge in [0, 0.05) is 28.3 Å². The molecule has 3 nitrogen and oxygen atoms in total. The Bertz CT molecular complexity index is 439. The maximum absolute atomic E-state index is 12.6. The molecule has 0 saturated carbocycles. The quantitative estimate of drug-likeness (QED) is 0.685. The van der Waals surface area contributed by atoms with E-state index in [9.17, 15) is 4.79 Å². The summed E-state index contributed by atoms with van der Waals surface area (Å²) < 4.78 is 6.00. The third kappa shape index (κ3) is 4.61. The summed E-state index contributed by atoms with van der Waals surface area (Å²) in [4.78, 5) is 14.5. The number of ether oxygens (including phenoxy) is 1. The Balaban J connectivity index is 3.00. The summed E-state index contributed by atoms with van der Waals surface area (Å²) in [6.45, 7) is 5.24. The molecule has 0 aromatic heterocycles. The fraction of sp³-hybridized carbons (Fsp3) is 0.500. The monoisotopic (exact) mass is 395 g/mol. The molecule has 0 aliphatic carbocycles. The molecule has 1 aromatic carbocycles. The molecule has 106 valence electrons. The Labute approximate surface area is 133 Å². The number of rotatable bonds is 6. The van der Waals surface area contributed by atoms with Gasteiger partial charge in [-0.15, -0.1) is 0 Å². The summed E-state index contributed by atoms with van der Waals surface area (Å²) in [7, 11) is 1.64. The lowest BCUT2D eigenvalue weighted by Gasteiger charge is -2.29. The second kappa shape index (κ2) is 8.07. The van der Waals surface area contributed by atoms with Gasteiger partial charge in [-0.05, 0) is 54.1 Å². The first kappa shape index (κ1) is 16.7. The molecule has 1 atom stereocenters. The van der Waals surface area contributed by atoms with Crippen molar-refractivity contribution in [1.82, 2.24) is 4.90 Å². The van der Waals surface area contributed by atoms with Gasteiger partial charge in [-0.1, -0.05) is 18.5 Å². The van der Waals surface area contributed by atoms with Gasteiger partial charge in [0.1, 0.15) is 0 Å². The summed E-state index contributed by atoms with van der Waals surface area (Å²) in [6.07, 6.45) is 0.909. The second-order valence-corrected chi connectivity index (χ2v) is 5.97. The first-order valence-electron chi connectivity index (χ1n) is 6.26. The van der Waals surface area contributed by atoms with Crippen LogP contribution in [0.25, 0.3) is 0 Å². The standard InChI is InChI=1S/C14H19ClINO2/c1-4-10(2)17(7-8-19-3)14(18)12-9-11(15)5-6-13(12)16/h5-6,9-10H,4,7-8H2,1-3H3. The van der Waals surface area contributed by atoms with E-state index in [1.54, 1.807) is 19.2 Å². The van der Waals surface area contributed by atoms with Crippen molar-refractivity contribution < 1.29 is 9.53 Å². The molecule has 0 N–H and O–H groups in total. The first-order chi connectivity index (χ1) is 9.01. The fourth-order valence-corrected chi connectivity index (χ4v) is 2.49. The maximum atomic E-state index is 12.6. The number of benzene rings is 1. The van der Waals surface area contributed by atoms with Gasteiger partial charge in [0.2, 0.25) is 0 Å². The highest BCUT2D eigenvalue weighted by Crippen LogP contribution is 2.21. The molecule has 0 spiro atoms. The van der Waals surface area contributed by atoms with Gasteiger partial charge in [-0.2, -0.15) is 0 Å². The molecule has 19 heavy (non-hydrogen) atoms. The van der Waals surface area contributed by atoms with E-state index in [0.29, 0.717) is 23.7 Å². The number of nitrogens with zero attached hydrogens (tertiary/aromatic N) is 1. The first-order valence-corrected chi connectivity index (χ1v) is 7.71. The van der Waals surface area contributed by atoms with Crippen LogP contribution in [0.4, 0.5) is 0 Å². The van der Waals surface area contributed by atoms with Crippen molar-refractivity contribution in [2.75, 3.05) is 20.3 Å². The van der Waals surface area contributed by atoms with Gasteiger partial charge in [0.25, 0.3) is 5.91 Å². The lowest BCUT2D eigenvalue weighted by atomic mass is 10.1. The lowest BCUT2D eigenvalue weighted by molar-refractivity contribution is 0.0613. The Morgan fingerprint density at radius 2 is 2.21 bits per heavy atom. The van der Waals surface area contributed by atoms with Gasteiger partial charge in [-0.25, -0.2) is 0 Å². The molecular formula is C14H19ClINO2. The number of carbonyl (C=O) groups is 1. The Hall–Kier alpha value is -0.330. The molecule has 1 rings (SSSR count). The summed E-state index contributed by atoms with van der Waals surface area (Å²) in [6, 6.07) is 5.57. The van der Waals surface area contributed by atoms with Crippen LogP contribution in [0.2, 0.25) is 5.02 Å². The van der Waals surface area contributed by atoms with Crippen LogP contribution in [0, 0.1) is 3.57 Å². The maximum Gasteiger partial charge on any atom is 0.255 e. The largest absolute Gasteiger partial charge is 0.383 e. The molecule has 5 heteroatoms. The molecule has 1 aromatic rings. The van der Waals surface area contributed by atoms with E-state index in [4.69, 9.17) is 16.3 Å². The minimum Gasteiger partial charge on any atom is -0.383 e. The van der Waals surface area contributed by atoms with Crippen molar-refractivity contribution in [3.05, 3.63) is 32.4 Å². The van der Waals surface area contributed by atoms with Crippen LogP contribution >= 0.6 is 34.2 Å². The summed E-state index contributed by atoms with van der Waals surface area (Å²) in [5.74, 6) is 0.0123. The topological polar surface area (TPSA) is 29.5 Å². The minimum atomic E-state index is 0.0123. The summed E-state index contributed by atoms with van der Waals surface area (Å²) in [5, 5.41) is 0.583. The average Bonchev–Trinajstić information content (AvgIpc) is 2.41. The van der Waals surface area contributed by atoms with Crippen molar-refractivity contribution in [1.29, 1.82) is 0 Å². The number of halogens is 2. The molecule has 1 unspecified atom stereocenters. The Kier molecular flexibility index (Phi) is 7.10. The normalized spacial score (nSPS) is 12.3. The van der Waals surface area contributed by atoms with E-state index in [1.807, 2.05) is 17.9 Å². The summed E-state index contributed by atoms with van der Waals surface area (Å²) in [5.41, 5.74) is 0.657. The molecule has 0 saturated heterocycles. The smallest absolute Gasteiger partial charge is 0.255 e. The van der Waals surface area contributed by atoms with E-state index in [1.165, 1.54) is 0 Å². The average molecular weight is 396 g/mol. The predicted octanol–water partition coefficient (Wildman–Crippen LogP) is 3.83. The molecule has 0 bridgehead atoms. The Morgan fingerprint density at radius 3 is 2.79 bits per heavy atom. The molecule has 0 radical (unpaired) electrons. The van der Waals surface area contributed by atoms with Gasteiger partial charge in [0.15, 0.2) is 0 Å². The van der Waals surface area contributed by atoms with Gasteiger partial charge >= 0.3 is 0 Å². The minimum absolute atomic E-state index is 0.0123. The molecule has 1 amide bonds. The number of hydrogen-bond acceptors (Lipinski definition) is 2. The van der Waals surface area contributed by atoms with E-state index >= 15 is 0 Å². The molecule has 0 fully saturated rings. The number of amides is 1. The van der Waals surface area contributed by atoms with E-state index in [2.05, 4.69) is 29.5 Å². The third-order valence-electron chi connectivity index (χ3n) is 3.08. The number of hydrogen-bond donors (Lipinski definition) is 0. The molecular weight excluding hydrogens is 377 g/mol. The van der Waals surface area contributed by atoms with E-state index in [-0.39, 0.29) is 11.9 Å². The zero-order valence-electron chi connectivity index (χ0n) is 11.5. The van der Waals surface area contributed by atoms with Crippen LogP contribution in [0.5, 0.6) is 0 Å². The van der Waals surface area contributed by atoms with Crippen LogP contribution in [0.15, 0.2) is 18.2 Å². The van der Waals surface area contributed by atoms with E-state index < -0.39 is 0 Å². The van der Waals surface area contributed by atoms with Crippen molar-refractivity contribution in [2.45, 2.75) is 26.3 Å². The van der Waals surface area contributed by atoms with Crippen molar-refractivity contribution >= 4 is 40.1 Å². The molecule has 0 heterocycles. The van der Waals surface area contributed by atoms with Crippen LogP contribution in [0.1, 0.15) is 30.6 Å². The third-order valence-corrected chi connectivity index (χ3v) is 4.25. The van der Waals surface area contributed by atoms with Gasteiger partial charge in [-0.3, -0.25) is 4.79 Å². The van der Waals surface area contributed by atoms with E-state index in [0.717, 1.165) is 9.99 Å². The van der Waals surface area contributed by atoms with Crippen molar-refractivity contribution in [3.63, 3.8) is 0 Å². The number of carbonyl (C=O) groups excluding carboxylic acids is 1. The van der Waals surface area contributed by atoms with Crippen molar-refractivity contribution in [2.24, 2.45) is 0 Å². The summed E-state index contributed by atoms with van der Waals surface area (Å²) >= 11 is 8.15. The van der Waals surface area contributed by atoms with Crippen LogP contribution in [-0.2, 0) is 4.74 Å². The van der Waals surface area contributed by atoms with Gasteiger partial charge in [0.05, 0.1) is 12.2 Å². The molecule has 0 aliphatic rings. The Morgan fingerprint density at radius 1 is 1.53 bits per heavy atom. The van der Waals surface area contributed by atoms with Crippen LogP contribution < -0.4 is 0 Å². The highest BCUT2D eigenvalue weighted by atomic mass is 127. The van der Waals surface area contributed by atoms with Gasteiger partial charge < -0.3 is 9.64 Å². The highest BCUT2D eigenvalue weighted by Gasteiger charge is 2.22. The zero-order chi connectivity index (χ0) is 14.4. The van der Waals surface area contributed by atoms with Crippen LogP contribution in [-0.4, -0.2) is 37.1 Å². The number of methoxy groups -OCH3 is 1. The molecule has 0 aliphatic heterocycles. The second-order valence-electron chi connectivity index (χ2n) is 4.37. The van der Waals surface area contributed by atoms with Crippen LogP contribution in [0.3, 0.4) is 0 Å². The van der Waals surface area contributed by atoms with Crippen molar-refractivity contribution in [3.8, 4) is 0 Å².